The molecule has 1 aromatic heterocycles. The molecule has 0 atom stereocenters. The standard InChI is InChI=1S/C22H21N3O4/c26-19(14-5-7-20-18(11-14)25-22(28)13-29-20)6-8-21(27)23-10-9-15-12-24-17-4-2-1-3-16(15)17/h1-5,7,11-12,24H,6,8-10,13H2,(H,23,27)(H,25,28). The number of nitrogens with one attached hydrogen (secondary N) is 3. The Morgan fingerprint density at radius 3 is 2.86 bits per heavy atom. The molecule has 0 spiro atoms. The Labute approximate surface area is 167 Å². The zero-order chi connectivity index (χ0) is 20.2. The number of H-pyrrole nitrogens is 1. The van der Waals surface area contributed by atoms with Gasteiger partial charge in [-0.05, 0) is 36.2 Å². The summed E-state index contributed by atoms with van der Waals surface area (Å²) in [6.07, 6.45) is 2.90. The SMILES string of the molecule is O=C(CCC(=O)c1ccc2c(c1)NC(=O)CO2)NCCc1c[nH]c2ccccc12. The van der Waals surface area contributed by atoms with Crippen molar-refractivity contribution in [2.24, 2.45) is 0 Å². The van der Waals surface area contributed by atoms with Gasteiger partial charge in [0.1, 0.15) is 5.75 Å². The van der Waals surface area contributed by atoms with Crippen molar-refractivity contribution in [3.8, 4) is 5.75 Å². The van der Waals surface area contributed by atoms with Crippen molar-refractivity contribution in [3.05, 3.63) is 59.8 Å². The molecular formula is C22H21N3O4. The lowest BCUT2D eigenvalue weighted by Crippen LogP contribution is -2.26. The number of benzene rings is 2. The van der Waals surface area contributed by atoms with Crippen LogP contribution >= 0.6 is 0 Å². The van der Waals surface area contributed by atoms with Crippen molar-refractivity contribution in [1.82, 2.24) is 10.3 Å². The van der Waals surface area contributed by atoms with Crippen molar-refractivity contribution in [2.45, 2.75) is 19.3 Å². The summed E-state index contributed by atoms with van der Waals surface area (Å²) in [7, 11) is 0. The smallest absolute Gasteiger partial charge is 0.262 e. The molecule has 0 bridgehead atoms. The third-order valence-electron chi connectivity index (χ3n) is 4.90. The number of anilines is 1. The Bertz CT molecular complexity index is 1090. The Kier molecular flexibility index (Phi) is 5.29. The first-order valence-corrected chi connectivity index (χ1v) is 9.52. The molecule has 0 aliphatic carbocycles. The lowest BCUT2D eigenvalue weighted by molar-refractivity contribution is -0.121. The van der Waals surface area contributed by atoms with Crippen LogP contribution in [-0.4, -0.2) is 35.7 Å². The topological polar surface area (TPSA) is 100 Å². The number of aromatic amines is 1. The Hall–Kier alpha value is -3.61. The van der Waals surface area contributed by atoms with Crippen LogP contribution in [0.2, 0.25) is 0 Å². The minimum Gasteiger partial charge on any atom is -0.482 e. The number of carbonyl (C=O) groups is 3. The van der Waals surface area contributed by atoms with E-state index >= 15 is 0 Å². The molecule has 2 heterocycles. The fourth-order valence-electron chi connectivity index (χ4n) is 3.39. The van der Waals surface area contributed by atoms with Crippen LogP contribution < -0.4 is 15.4 Å². The first kappa shape index (κ1) is 18.7. The van der Waals surface area contributed by atoms with Crippen molar-refractivity contribution in [2.75, 3.05) is 18.5 Å². The van der Waals surface area contributed by atoms with E-state index in [1.165, 1.54) is 0 Å². The predicted octanol–water partition coefficient (Wildman–Crippen LogP) is 2.82. The van der Waals surface area contributed by atoms with Crippen LogP contribution in [0.1, 0.15) is 28.8 Å². The van der Waals surface area contributed by atoms with E-state index in [0.29, 0.717) is 30.0 Å². The number of ketones is 1. The number of carbonyl (C=O) groups excluding carboxylic acids is 3. The van der Waals surface area contributed by atoms with Crippen LogP contribution in [0, 0.1) is 0 Å². The Morgan fingerprint density at radius 2 is 1.97 bits per heavy atom. The molecule has 2 amide bonds. The fourth-order valence-corrected chi connectivity index (χ4v) is 3.39. The van der Waals surface area contributed by atoms with Crippen molar-refractivity contribution >= 4 is 34.2 Å². The normalized spacial score (nSPS) is 12.8. The van der Waals surface area contributed by atoms with Crippen molar-refractivity contribution in [1.29, 1.82) is 0 Å². The average Bonchev–Trinajstić information content (AvgIpc) is 3.14. The largest absolute Gasteiger partial charge is 0.482 e. The minimum absolute atomic E-state index is 0.0288. The quantitative estimate of drug-likeness (QED) is 0.539. The number of fused-ring (bicyclic) bond motifs is 2. The number of hydrogen-bond acceptors (Lipinski definition) is 4. The summed E-state index contributed by atoms with van der Waals surface area (Å²) in [6, 6.07) is 12.9. The molecule has 3 N–H and O–H groups in total. The van der Waals surface area contributed by atoms with Gasteiger partial charge >= 0.3 is 0 Å². The summed E-state index contributed by atoms with van der Waals surface area (Å²) in [5.41, 5.74) is 3.15. The Morgan fingerprint density at radius 1 is 1.10 bits per heavy atom. The van der Waals surface area contributed by atoms with E-state index in [0.717, 1.165) is 16.5 Å². The maximum absolute atomic E-state index is 12.4. The molecule has 0 saturated heterocycles. The highest BCUT2D eigenvalue weighted by molar-refractivity contribution is 6.01. The van der Waals surface area contributed by atoms with Gasteiger partial charge in [0.25, 0.3) is 5.91 Å². The van der Waals surface area contributed by atoms with Crippen LogP contribution in [0.5, 0.6) is 5.75 Å². The van der Waals surface area contributed by atoms with Crippen LogP contribution in [0.15, 0.2) is 48.7 Å². The third kappa shape index (κ3) is 4.29. The van der Waals surface area contributed by atoms with E-state index in [4.69, 9.17) is 4.74 Å². The number of amides is 2. The molecule has 1 aliphatic rings. The molecule has 7 nitrogen and oxygen atoms in total. The number of Topliss-reactive ketones (excluding diaryl/α,β-unsaturated/α-hetero) is 1. The molecule has 0 saturated carbocycles. The van der Waals surface area contributed by atoms with Crippen molar-refractivity contribution in [3.63, 3.8) is 0 Å². The van der Waals surface area contributed by atoms with Gasteiger partial charge in [-0.25, -0.2) is 0 Å². The van der Waals surface area contributed by atoms with Gasteiger partial charge in [-0.2, -0.15) is 0 Å². The van der Waals surface area contributed by atoms with E-state index in [9.17, 15) is 14.4 Å². The lowest BCUT2D eigenvalue weighted by atomic mass is 10.0. The molecule has 1 aliphatic heterocycles. The summed E-state index contributed by atoms with van der Waals surface area (Å²) in [6.45, 7) is 0.482. The van der Waals surface area contributed by atoms with Gasteiger partial charge in [-0.1, -0.05) is 18.2 Å². The van der Waals surface area contributed by atoms with E-state index in [1.807, 2.05) is 30.5 Å². The van der Waals surface area contributed by atoms with Gasteiger partial charge in [0.15, 0.2) is 12.4 Å². The zero-order valence-corrected chi connectivity index (χ0v) is 15.8. The Balaban J connectivity index is 1.26. The fraction of sp³-hybridized carbons (Fsp3) is 0.227. The first-order valence-electron chi connectivity index (χ1n) is 9.52. The molecule has 4 rings (SSSR count). The second-order valence-corrected chi connectivity index (χ2v) is 6.93. The number of rotatable bonds is 7. The molecule has 0 radical (unpaired) electrons. The summed E-state index contributed by atoms with van der Waals surface area (Å²) < 4.78 is 5.28. The van der Waals surface area contributed by atoms with E-state index in [2.05, 4.69) is 15.6 Å². The first-order chi connectivity index (χ1) is 14.1. The average molecular weight is 391 g/mol. The van der Waals surface area contributed by atoms with Crippen LogP contribution in [-0.2, 0) is 16.0 Å². The maximum atomic E-state index is 12.4. The molecule has 7 heteroatoms. The highest BCUT2D eigenvalue weighted by Crippen LogP contribution is 2.29. The molecule has 0 unspecified atom stereocenters. The summed E-state index contributed by atoms with van der Waals surface area (Å²) in [4.78, 5) is 39.1. The van der Waals surface area contributed by atoms with E-state index in [1.54, 1.807) is 18.2 Å². The van der Waals surface area contributed by atoms with Gasteiger partial charge in [0.2, 0.25) is 5.91 Å². The highest BCUT2D eigenvalue weighted by Gasteiger charge is 2.18. The number of ether oxygens (including phenoxy) is 1. The van der Waals surface area contributed by atoms with Gasteiger partial charge in [0, 0.05) is 42.0 Å². The van der Waals surface area contributed by atoms with Crippen LogP contribution in [0.25, 0.3) is 10.9 Å². The number of hydrogen-bond donors (Lipinski definition) is 3. The van der Waals surface area contributed by atoms with Crippen molar-refractivity contribution < 1.29 is 19.1 Å². The predicted molar refractivity (Wildman–Crippen MR) is 109 cm³/mol. The van der Waals surface area contributed by atoms with Crippen LogP contribution in [0.4, 0.5) is 5.69 Å². The second-order valence-electron chi connectivity index (χ2n) is 6.93. The number of para-hydroxylation sites is 1. The molecule has 3 aromatic rings. The van der Waals surface area contributed by atoms with Gasteiger partial charge in [-0.15, -0.1) is 0 Å². The summed E-state index contributed by atoms with van der Waals surface area (Å²) >= 11 is 0. The molecular weight excluding hydrogens is 370 g/mol. The van der Waals surface area contributed by atoms with Gasteiger partial charge in [-0.3, -0.25) is 14.4 Å². The molecule has 29 heavy (non-hydrogen) atoms. The monoisotopic (exact) mass is 391 g/mol. The molecule has 148 valence electrons. The van der Waals surface area contributed by atoms with Crippen LogP contribution in [0.3, 0.4) is 0 Å². The lowest BCUT2D eigenvalue weighted by Gasteiger charge is -2.18. The zero-order valence-electron chi connectivity index (χ0n) is 15.8. The highest BCUT2D eigenvalue weighted by atomic mass is 16.5. The summed E-state index contributed by atoms with van der Waals surface area (Å²) in [5, 5.41) is 6.70. The van der Waals surface area contributed by atoms with E-state index in [-0.39, 0.29) is 37.0 Å². The summed E-state index contributed by atoms with van der Waals surface area (Å²) in [5.74, 6) is -0.0277. The second kappa shape index (κ2) is 8.18. The molecule has 2 aromatic carbocycles. The third-order valence-corrected chi connectivity index (χ3v) is 4.90. The maximum Gasteiger partial charge on any atom is 0.262 e. The number of aromatic nitrogens is 1. The van der Waals surface area contributed by atoms with Gasteiger partial charge in [0.05, 0.1) is 5.69 Å². The van der Waals surface area contributed by atoms with E-state index < -0.39 is 0 Å². The van der Waals surface area contributed by atoms with Gasteiger partial charge < -0.3 is 20.4 Å². The molecule has 0 fully saturated rings. The minimum atomic E-state index is -0.253.